The summed E-state index contributed by atoms with van der Waals surface area (Å²) >= 11 is 0. The lowest BCUT2D eigenvalue weighted by Crippen LogP contribution is -2.26. The maximum absolute atomic E-state index is 11.7. The molecule has 5 heteroatoms. The highest BCUT2D eigenvalue weighted by Crippen LogP contribution is 2.12. The van der Waals surface area contributed by atoms with Crippen LogP contribution in [-0.2, 0) is 4.79 Å². The molecule has 0 heterocycles. The number of nitrogens with one attached hydrogen (secondary N) is 2. The molecule has 2 N–H and O–H groups in total. The van der Waals surface area contributed by atoms with E-state index in [2.05, 4.69) is 15.8 Å². The number of rotatable bonds is 7. The first-order chi connectivity index (χ1) is 11.2. The minimum atomic E-state index is -0.199. The molecule has 0 atom stereocenters. The van der Waals surface area contributed by atoms with Crippen molar-refractivity contribution in [3.63, 3.8) is 0 Å². The highest BCUT2D eigenvalue weighted by atomic mass is 16.5. The van der Waals surface area contributed by atoms with Crippen LogP contribution in [0.25, 0.3) is 0 Å². The van der Waals surface area contributed by atoms with Crippen LogP contribution in [0.4, 0.5) is 5.69 Å². The van der Waals surface area contributed by atoms with Crippen LogP contribution in [0.3, 0.4) is 0 Å². The zero-order valence-corrected chi connectivity index (χ0v) is 13.4. The van der Waals surface area contributed by atoms with E-state index in [4.69, 9.17) is 4.74 Å². The third kappa shape index (κ3) is 5.47. The van der Waals surface area contributed by atoms with Crippen LogP contribution in [0, 0.1) is 6.92 Å². The van der Waals surface area contributed by atoms with E-state index >= 15 is 0 Å². The number of carbonyl (C=O) groups is 1. The van der Waals surface area contributed by atoms with Crippen LogP contribution in [0.2, 0.25) is 0 Å². The predicted molar refractivity (Wildman–Crippen MR) is 93.0 cm³/mol. The second kappa shape index (κ2) is 8.58. The molecule has 0 spiro atoms. The monoisotopic (exact) mass is 311 g/mol. The van der Waals surface area contributed by atoms with Crippen molar-refractivity contribution in [1.29, 1.82) is 0 Å². The van der Waals surface area contributed by atoms with E-state index in [1.54, 1.807) is 6.21 Å². The van der Waals surface area contributed by atoms with Gasteiger partial charge in [-0.25, -0.2) is 5.43 Å². The number of hydrogen-bond donors (Lipinski definition) is 2. The van der Waals surface area contributed by atoms with Crippen molar-refractivity contribution >= 4 is 17.8 Å². The summed E-state index contributed by atoms with van der Waals surface area (Å²) in [5.41, 5.74) is 5.43. The van der Waals surface area contributed by atoms with E-state index in [1.165, 1.54) is 0 Å². The Labute approximate surface area is 136 Å². The van der Waals surface area contributed by atoms with Gasteiger partial charge in [-0.2, -0.15) is 5.10 Å². The number of aryl methyl sites for hydroxylation is 1. The zero-order chi connectivity index (χ0) is 16.5. The van der Waals surface area contributed by atoms with Gasteiger partial charge in [-0.15, -0.1) is 0 Å². The highest BCUT2D eigenvalue weighted by Gasteiger charge is 2.01. The number of carbonyl (C=O) groups excluding carboxylic acids is 1. The van der Waals surface area contributed by atoms with Crippen molar-refractivity contribution in [3.8, 4) is 5.75 Å². The summed E-state index contributed by atoms with van der Waals surface area (Å²) < 4.78 is 5.36. The first-order valence-electron chi connectivity index (χ1n) is 7.53. The Bertz CT molecular complexity index is 666. The third-order valence-electron chi connectivity index (χ3n) is 3.18. The largest absolute Gasteiger partial charge is 0.494 e. The van der Waals surface area contributed by atoms with Gasteiger partial charge in [0.25, 0.3) is 5.91 Å². The Morgan fingerprint density at radius 3 is 2.61 bits per heavy atom. The molecule has 2 aromatic carbocycles. The van der Waals surface area contributed by atoms with Gasteiger partial charge in [-0.05, 0) is 55.3 Å². The van der Waals surface area contributed by atoms with Crippen molar-refractivity contribution in [3.05, 3.63) is 59.7 Å². The number of ether oxygens (including phenoxy) is 1. The van der Waals surface area contributed by atoms with Crippen LogP contribution in [0.1, 0.15) is 18.1 Å². The van der Waals surface area contributed by atoms with Crippen molar-refractivity contribution < 1.29 is 9.53 Å². The van der Waals surface area contributed by atoms with Crippen molar-refractivity contribution in [1.82, 2.24) is 5.43 Å². The number of benzene rings is 2. The van der Waals surface area contributed by atoms with Gasteiger partial charge in [0.05, 0.1) is 19.4 Å². The van der Waals surface area contributed by atoms with Crippen LogP contribution in [0.15, 0.2) is 53.6 Å². The Balaban J connectivity index is 1.78. The van der Waals surface area contributed by atoms with E-state index < -0.39 is 0 Å². The summed E-state index contributed by atoms with van der Waals surface area (Å²) in [6, 6.07) is 15.3. The van der Waals surface area contributed by atoms with Crippen LogP contribution in [-0.4, -0.2) is 25.3 Å². The topological polar surface area (TPSA) is 62.7 Å². The molecular weight excluding hydrogens is 290 g/mol. The molecule has 0 aliphatic heterocycles. The number of hydrazone groups is 1. The first kappa shape index (κ1) is 16.5. The molecule has 2 aromatic rings. The fourth-order valence-electron chi connectivity index (χ4n) is 1.98. The van der Waals surface area contributed by atoms with Crippen molar-refractivity contribution in [2.45, 2.75) is 13.8 Å². The standard InChI is InChI=1S/C18H21N3O2/c1-3-23-16-10-8-15(9-11-16)12-20-21-18(22)13-19-17-7-5-4-6-14(17)2/h4-12,19H,3,13H2,1-2H3,(H,21,22)/b20-12+. The van der Waals surface area contributed by atoms with Crippen molar-refractivity contribution in [2.75, 3.05) is 18.5 Å². The summed E-state index contributed by atoms with van der Waals surface area (Å²) in [5.74, 6) is 0.617. The zero-order valence-electron chi connectivity index (χ0n) is 13.4. The molecule has 0 aliphatic carbocycles. The molecule has 0 saturated heterocycles. The van der Waals surface area contributed by atoms with Gasteiger partial charge in [0.15, 0.2) is 0 Å². The fraction of sp³-hybridized carbons (Fsp3) is 0.222. The lowest BCUT2D eigenvalue weighted by molar-refractivity contribution is -0.119. The van der Waals surface area contributed by atoms with Crippen LogP contribution < -0.4 is 15.5 Å². The Kier molecular flexibility index (Phi) is 6.17. The maximum atomic E-state index is 11.7. The fourth-order valence-corrected chi connectivity index (χ4v) is 1.98. The molecule has 0 radical (unpaired) electrons. The van der Waals surface area contributed by atoms with Gasteiger partial charge in [0.2, 0.25) is 0 Å². The van der Waals surface area contributed by atoms with Gasteiger partial charge >= 0.3 is 0 Å². The molecule has 23 heavy (non-hydrogen) atoms. The number of amides is 1. The molecule has 0 unspecified atom stereocenters. The molecular formula is C18H21N3O2. The normalized spacial score (nSPS) is 10.5. The van der Waals surface area contributed by atoms with E-state index in [0.29, 0.717) is 6.61 Å². The molecule has 0 saturated carbocycles. The molecule has 5 nitrogen and oxygen atoms in total. The molecule has 1 amide bonds. The predicted octanol–water partition coefficient (Wildman–Crippen LogP) is 2.96. The maximum Gasteiger partial charge on any atom is 0.259 e. The third-order valence-corrected chi connectivity index (χ3v) is 3.18. The second-order valence-corrected chi connectivity index (χ2v) is 4.96. The molecule has 0 bridgehead atoms. The molecule has 0 aromatic heterocycles. The Morgan fingerprint density at radius 2 is 1.91 bits per heavy atom. The summed E-state index contributed by atoms with van der Waals surface area (Å²) in [6.07, 6.45) is 1.60. The minimum Gasteiger partial charge on any atom is -0.494 e. The molecule has 2 rings (SSSR count). The Morgan fingerprint density at radius 1 is 1.17 bits per heavy atom. The average molecular weight is 311 g/mol. The van der Waals surface area contributed by atoms with Gasteiger partial charge in [0.1, 0.15) is 5.75 Å². The summed E-state index contributed by atoms with van der Waals surface area (Å²) in [7, 11) is 0. The van der Waals surface area contributed by atoms with E-state index in [0.717, 1.165) is 22.6 Å². The quantitative estimate of drug-likeness (QED) is 0.610. The molecule has 0 aliphatic rings. The lowest BCUT2D eigenvalue weighted by Gasteiger charge is -2.07. The van der Waals surface area contributed by atoms with Gasteiger partial charge in [0, 0.05) is 5.69 Å². The van der Waals surface area contributed by atoms with E-state index in [1.807, 2.05) is 62.4 Å². The van der Waals surface area contributed by atoms with Gasteiger partial charge in [-0.3, -0.25) is 4.79 Å². The average Bonchev–Trinajstić information content (AvgIpc) is 2.56. The summed E-state index contributed by atoms with van der Waals surface area (Å²) in [6.45, 7) is 4.74. The number of hydrogen-bond acceptors (Lipinski definition) is 4. The number of para-hydroxylation sites is 1. The highest BCUT2D eigenvalue weighted by molar-refractivity contribution is 5.84. The van der Waals surface area contributed by atoms with E-state index in [-0.39, 0.29) is 12.5 Å². The summed E-state index contributed by atoms with van der Waals surface area (Å²) in [4.78, 5) is 11.7. The van der Waals surface area contributed by atoms with Gasteiger partial charge in [-0.1, -0.05) is 18.2 Å². The smallest absolute Gasteiger partial charge is 0.259 e. The second-order valence-electron chi connectivity index (χ2n) is 4.96. The lowest BCUT2D eigenvalue weighted by atomic mass is 10.2. The Hall–Kier alpha value is -2.82. The minimum absolute atomic E-state index is 0.172. The van der Waals surface area contributed by atoms with Crippen LogP contribution in [0.5, 0.6) is 5.75 Å². The van der Waals surface area contributed by atoms with Crippen LogP contribution >= 0.6 is 0 Å². The van der Waals surface area contributed by atoms with Crippen molar-refractivity contribution in [2.24, 2.45) is 5.10 Å². The molecule has 0 fully saturated rings. The first-order valence-corrected chi connectivity index (χ1v) is 7.53. The van der Waals surface area contributed by atoms with E-state index in [9.17, 15) is 4.79 Å². The SMILES string of the molecule is CCOc1ccc(/C=N/NC(=O)CNc2ccccc2C)cc1. The number of anilines is 1. The summed E-state index contributed by atoms with van der Waals surface area (Å²) in [5, 5.41) is 7.03. The molecule has 120 valence electrons. The van der Waals surface area contributed by atoms with Gasteiger partial charge < -0.3 is 10.1 Å². The number of nitrogens with zero attached hydrogens (tertiary/aromatic N) is 1.